The summed E-state index contributed by atoms with van der Waals surface area (Å²) in [7, 11) is 9.65. The molecule has 16 N–H and O–H groups in total. The second-order valence-electron chi connectivity index (χ2n) is 36.9. The molecule has 0 bridgehead atoms. The molecule has 147 heavy (non-hydrogen) atoms. The van der Waals surface area contributed by atoms with Gasteiger partial charge in [-0.15, -0.1) is 0 Å². The van der Waals surface area contributed by atoms with Gasteiger partial charge in [0.25, 0.3) is 59.1 Å². The van der Waals surface area contributed by atoms with Crippen LogP contribution in [0.15, 0.2) is 151 Å². The predicted molar refractivity (Wildman–Crippen MR) is 530 cm³/mol. The first kappa shape index (κ1) is 103. The number of amides is 10. The minimum atomic E-state index is -1.72. The van der Waals surface area contributed by atoms with Gasteiger partial charge in [0.2, 0.25) is 28.0 Å². The van der Waals surface area contributed by atoms with Gasteiger partial charge in [0.05, 0.1) is 41.2 Å². The number of aliphatic hydroxyl groups excluding tert-OH is 1. The quantitative estimate of drug-likeness (QED) is 0.0827. The summed E-state index contributed by atoms with van der Waals surface area (Å²) in [5.74, 6) is 24.4. The average molecular weight is 2060 g/mol. The predicted octanol–water partition coefficient (Wildman–Crippen LogP) is 2.29. The molecule has 7 aliphatic rings. The fourth-order valence-electron chi connectivity index (χ4n) is 17.6. The number of fused-ring (bicyclic) bond motifs is 5. The van der Waals surface area contributed by atoms with Gasteiger partial charge in [-0.3, -0.25) is 47.9 Å². The zero-order valence-corrected chi connectivity index (χ0v) is 82.1. The van der Waals surface area contributed by atoms with Gasteiger partial charge < -0.3 is 88.5 Å². The van der Waals surface area contributed by atoms with Gasteiger partial charge in [-0.1, -0.05) is 89.0 Å². The Balaban J connectivity index is 0.000000131. The molecule has 5 saturated heterocycles. The van der Waals surface area contributed by atoms with Gasteiger partial charge in [0.15, 0.2) is 57.6 Å². The lowest BCUT2D eigenvalue weighted by Crippen LogP contribution is -2.37. The van der Waals surface area contributed by atoms with Crippen LogP contribution in [0, 0.1) is 70.4 Å². The maximum atomic E-state index is 13.8. The standard InChI is InChI=1S/C22H25N5O3.C21H19N5O4.C20H16BrN5O3.C20H16FN5O3.C20H21N5O4/c1-21(2)7-5-16-15(13-21)18(19(23)28)25-27(16)17-12-14(6-10-24-17)4-8-22(30)9-11-26(3)20(22)29;1-25-10-8-21(29,20(25)28)7-5-13-6-9-23-17(11-13)26-16-4-3-14(30-2)12-15(16)18(24-26)19(22)27;1-25-9-7-20(29,19(25)28)6-4-12-5-8-23-16(10-12)26-15-3-2-13(21)11-14(15)17(24-26)18(22)27;1-25-9-7-20(29,19(25)28)6-4-12-5-8-23-16(10-12)26-15-11-13(21)2-3-14(15)17(24-26)18(22)27;1-24-9-7-20(29,19(24)28)6-4-12-5-8-22-16(10-12)25-15-11-13(26)2-3-14(15)17(23-25)18(21)27/h6,10,12,30H,5,7,9,11,13H2,1-3H3,(H2,23,28);3-4,6,9,11-12,29H,8,10H2,1-2H3,(H2,22,27);2*2-3,5,8,10-11,29H,7,9H2,1H3,(H2,22,27);5,8,10,13,26,29H,2-3,7,9,11H2,1H3,(H2,21,27)/t22-;21-;2*20-;13-,20-/m00000/s1. The second kappa shape index (κ2) is 40.8. The number of aliphatic hydroxyl groups is 6. The molecule has 10 amide bonds. The third kappa shape index (κ3) is 21.3. The number of aromatic nitrogens is 15. The molecule has 3 aromatic carbocycles. The highest BCUT2D eigenvalue weighted by Crippen LogP contribution is 2.39. The molecule has 15 heterocycles. The molecule has 0 spiro atoms. The fraction of sp³-hybridized carbons (Fsp3) is 0.301. The average Bonchev–Trinajstić information content (AvgIpc) is 1.63. The molecule has 5 aliphatic heterocycles. The van der Waals surface area contributed by atoms with E-state index in [4.69, 9.17) is 33.4 Å². The number of likely N-dealkylation sites (tertiary alicyclic amines) is 5. The van der Waals surface area contributed by atoms with Crippen LogP contribution in [0.4, 0.5) is 4.39 Å². The Morgan fingerprint density at radius 3 is 1.05 bits per heavy atom. The molecule has 20 rings (SSSR count). The van der Waals surface area contributed by atoms with E-state index in [2.05, 4.69) is 139 Å². The number of rotatable bonds is 11. The molecule has 2 aliphatic carbocycles. The maximum Gasteiger partial charge on any atom is 0.269 e. The molecular formula is C103H97BrFN25O17. The number of pyridine rings is 5. The number of halogens is 2. The molecule has 5 fully saturated rings. The molecule has 0 saturated carbocycles. The molecule has 44 heteroatoms. The van der Waals surface area contributed by atoms with Crippen LogP contribution >= 0.6 is 15.9 Å². The lowest BCUT2D eigenvalue weighted by atomic mass is 9.76. The third-order valence-corrected chi connectivity index (χ3v) is 26.3. The number of nitrogens with zero attached hydrogens (tertiary/aromatic N) is 20. The van der Waals surface area contributed by atoms with E-state index in [1.54, 1.807) is 143 Å². The number of carbonyl (C=O) groups excluding carboxylic acids is 10. The third-order valence-electron chi connectivity index (χ3n) is 25.8. The lowest BCUT2D eigenvalue weighted by Gasteiger charge is -2.29. The summed E-state index contributed by atoms with van der Waals surface area (Å²) in [6.45, 7) is 6.57. The monoisotopic (exact) mass is 2050 g/mol. The first-order valence-corrected chi connectivity index (χ1v) is 46.8. The number of nitrogens with two attached hydrogens (primary N) is 5. The smallest absolute Gasteiger partial charge is 0.269 e. The van der Waals surface area contributed by atoms with Crippen LogP contribution in [0.5, 0.6) is 5.75 Å². The van der Waals surface area contributed by atoms with Crippen molar-refractivity contribution in [3.63, 3.8) is 0 Å². The van der Waals surface area contributed by atoms with Crippen LogP contribution in [-0.2, 0) is 49.7 Å². The van der Waals surface area contributed by atoms with Crippen molar-refractivity contribution in [1.29, 1.82) is 0 Å². The van der Waals surface area contributed by atoms with E-state index in [-0.39, 0.29) is 77.7 Å². The first-order valence-electron chi connectivity index (χ1n) is 46.0. The summed E-state index contributed by atoms with van der Waals surface area (Å²) in [6, 6.07) is 31.0. The van der Waals surface area contributed by atoms with Crippen LogP contribution in [-0.4, -0.2) is 297 Å². The summed E-state index contributed by atoms with van der Waals surface area (Å²) < 4.78 is 27.2. The normalized spacial score (nSPS) is 20.3. The van der Waals surface area contributed by atoms with Crippen LogP contribution in [0.2, 0.25) is 0 Å². The van der Waals surface area contributed by atoms with Gasteiger partial charge >= 0.3 is 0 Å². The van der Waals surface area contributed by atoms with Gasteiger partial charge in [-0.25, -0.2) is 52.7 Å². The van der Waals surface area contributed by atoms with Crippen LogP contribution in [0.25, 0.3) is 61.8 Å². The van der Waals surface area contributed by atoms with Crippen molar-refractivity contribution in [2.75, 3.05) is 75.1 Å². The fourth-order valence-corrected chi connectivity index (χ4v) is 17.9. The zero-order valence-electron chi connectivity index (χ0n) is 80.5. The summed E-state index contributed by atoms with van der Waals surface area (Å²) in [4.78, 5) is 148. The van der Waals surface area contributed by atoms with Crippen LogP contribution in [0.1, 0.15) is 162 Å². The van der Waals surface area contributed by atoms with Crippen molar-refractivity contribution in [2.24, 2.45) is 34.1 Å². The number of benzene rings is 3. The number of hydrogen-bond acceptors (Lipinski definition) is 27. The zero-order chi connectivity index (χ0) is 105. The SMILES string of the molecule is CN1CC[C@@](O)(C#Cc2ccnc(-n3nc(C(N)=O)c4c3CCC(C)(C)C4)c2)C1=O.CN1CC[C@@](O)(C#Cc2ccnc(-n3nc(C(N)=O)c4c3C[C@@H](O)CC4)c2)C1=O.CN1CC[C@@](O)(C#Cc2ccnc(-n3nc(C(N)=O)c4cc(Br)ccc43)c2)C1=O.CN1CC[C@@](O)(C#Cc2ccnc(-n3nc(C(N)=O)c4ccc(F)cc43)c2)C1=O.COc1ccc2c(c1)c(C(N)=O)nn2-c1cc(C#C[C@]2(O)CCN(C)C2=O)ccn1. The number of primary amides is 5. The summed E-state index contributed by atoms with van der Waals surface area (Å²) >= 11 is 3.38. The number of methoxy groups -OCH3 is 1. The van der Waals surface area contributed by atoms with Crippen molar-refractivity contribution in [3.05, 3.63) is 235 Å². The van der Waals surface area contributed by atoms with Crippen molar-refractivity contribution >= 4 is 108 Å². The maximum absolute atomic E-state index is 13.8. The summed E-state index contributed by atoms with van der Waals surface area (Å²) in [5, 5.41) is 85.5. The highest BCUT2D eigenvalue weighted by atomic mass is 79.9. The van der Waals surface area contributed by atoms with Crippen molar-refractivity contribution in [2.45, 2.75) is 119 Å². The van der Waals surface area contributed by atoms with E-state index >= 15 is 0 Å². The van der Waals surface area contributed by atoms with Crippen LogP contribution < -0.4 is 33.4 Å². The van der Waals surface area contributed by atoms with E-state index in [0.29, 0.717) is 147 Å². The van der Waals surface area contributed by atoms with E-state index in [1.807, 2.05) is 6.07 Å². The number of likely N-dealkylation sites (N-methyl/N-ethyl adjacent to an activating group) is 5. The topological polar surface area (TPSA) is 601 Å². The van der Waals surface area contributed by atoms with E-state index in [0.717, 1.165) is 40.6 Å². The van der Waals surface area contributed by atoms with Gasteiger partial charge in [0.1, 0.15) is 11.6 Å². The lowest BCUT2D eigenvalue weighted by molar-refractivity contribution is -0.138. The second-order valence-corrected chi connectivity index (χ2v) is 37.8. The molecule has 750 valence electrons. The Bertz CT molecular complexity index is 8010. The molecule has 13 aromatic rings. The Hall–Kier alpha value is -17.3. The van der Waals surface area contributed by atoms with E-state index in [9.17, 15) is 83.0 Å². The van der Waals surface area contributed by atoms with Gasteiger partial charge in [-0.05, 0) is 147 Å². The molecule has 0 unspecified atom stereocenters. The minimum absolute atomic E-state index is 0.00723. The van der Waals surface area contributed by atoms with Crippen molar-refractivity contribution < 1.29 is 87.7 Å². The van der Waals surface area contributed by atoms with E-state index < -0.39 is 93.1 Å². The molecule has 42 nitrogen and oxygen atoms in total. The summed E-state index contributed by atoms with van der Waals surface area (Å²) in [5.41, 5.74) is 27.2. The van der Waals surface area contributed by atoms with Gasteiger partial charge in [-0.2, -0.15) is 25.5 Å². The number of hydrogen-bond donors (Lipinski definition) is 11. The molecule has 6 atom stereocenters. The van der Waals surface area contributed by atoms with Gasteiger partial charge in [0, 0.05) is 203 Å². The number of ether oxygens (including phenoxy) is 1. The Morgan fingerprint density at radius 1 is 0.388 bits per heavy atom. The van der Waals surface area contributed by atoms with Crippen molar-refractivity contribution in [3.8, 4) is 94.0 Å². The van der Waals surface area contributed by atoms with E-state index in [1.165, 1.54) is 87.1 Å². The largest absolute Gasteiger partial charge is 0.497 e. The molecular weight excluding hydrogens is 1960 g/mol. The summed E-state index contributed by atoms with van der Waals surface area (Å²) in [6.07, 6.45) is 12.2. The highest BCUT2D eigenvalue weighted by molar-refractivity contribution is 9.10. The molecule has 10 aromatic heterocycles. The van der Waals surface area contributed by atoms with Crippen LogP contribution in [0.3, 0.4) is 0 Å². The Labute approximate surface area is 846 Å². The Kier molecular flexibility index (Phi) is 28.5. The minimum Gasteiger partial charge on any atom is -0.497 e. The van der Waals surface area contributed by atoms with Crippen molar-refractivity contribution in [1.82, 2.24) is 98.3 Å². The highest BCUT2D eigenvalue weighted by Gasteiger charge is 2.47. The Morgan fingerprint density at radius 2 is 0.707 bits per heavy atom. The molecule has 0 radical (unpaired) electrons. The first-order chi connectivity index (χ1) is 69.8. The number of carbonyl (C=O) groups is 10.